The molecule has 1 amide bonds. The lowest BCUT2D eigenvalue weighted by Crippen LogP contribution is -2.49. The molecule has 0 aromatic rings. The molecule has 0 spiro atoms. The van der Waals surface area contributed by atoms with Crippen LogP contribution in [0.3, 0.4) is 0 Å². The van der Waals surface area contributed by atoms with Crippen LogP contribution in [0.15, 0.2) is 0 Å². The Labute approximate surface area is 140 Å². The van der Waals surface area contributed by atoms with Crippen LogP contribution in [-0.4, -0.2) is 74.2 Å². The summed E-state index contributed by atoms with van der Waals surface area (Å²) in [5, 5.41) is 3.22. The molecule has 2 fully saturated rings. The quantitative estimate of drug-likeness (QED) is 0.810. The Morgan fingerprint density at radius 3 is 2.62 bits per heavy atom. The highest BCUT2D eigenvalue weighted by atomic mass is 35.5. The first-order valence-corrected chi connectivity index (χ1v) is 7.58. The molecule has 0 radical (unpaired) electrons. The Morgan fingerprint density at radius 2 is 2.05 bits per heavy atom. The summed E-state index contributed by atoms with van der Waals surface area (Å²) in [7, 11) is 0. The van der Waals surface area contributed by atoms with E-state index in [1.54, 1.807) is 0 Å². The molecule has 2 heterocycles. The van der Waals surface area contributed by atoms with Gasteiger partial charge in [-0.3, -0.25) is 4.79 Å². The van der Waals surface area contributed by atoms with Crippen molar-refractivity contribution in [1.29, 1.82) is 0 Å². The van der Waals surface area contributed by atoms with Crippen LogP contribution < -0.4 is 5.32 Å². The molecule has 7 heteroatoms. The van der Waals surface area contributed by atoms with Crippen LogP contribution in [0, 0.1) is 5.92 Å². The minimum Gasteiger partial charge on any atom is -0.366 e. The van der Waals surface area contributed by atoms with Crippen molar-refractivity contribution in [3.05, 3.63) is 0 Å². The number of halogens is 2. The molecule has 2 atom stereocenters. The molecule has 1 N–H and O–H groups in total. The highest BCUT2D eigenvalue weighted by Gasteiger charge is 2.32. The summed E-state index contributed by atoms with van der Waals surface area (Å²) >= 11 is 0. The number of amides is 1. The van der Waals surface area contributed by atoms with E-state index in [0.717, 1.165) is 45.7 Å². The summed E-state index contributed by atoms with van der Waals surface area (Å²) in [6, 6.07) is 0. The normalized spacial score (nSPS) is 25.4. The van der Waals surface area contributed by atoms with Crippen LogP contribution >= 0.6 is 24.8 Å². The van der Waals surface area contributed by atoms with Gasteiger partial charge in [-0.2, -0.15) is 0 Å². The zero-order valence-corrected chi connectivity index (χ0v) is 14.7. The van der Waals surface area contributed by atoms with Crippen LogP contribution in [0.4, 0.5) is 0 Å². The van der Waals surface area contributed by atoms with Crippen LogP contribution in [0.1, 0.15) is 20.3 Å². The molecule has 126 valence electrons. The van der Waals surface area contributed by atoms with Crippen molar-refractivity contribution in [2.45, 2.75) is 26.4 Å². The molecule has 2 aliphatic rings. The lowest BCUT2D eigenvalue weighted by Gasteiger charge is -2.27. The fraction of sp³-hybridized carbons (Fsp3) is 0.929. The summed E-state index contributed by atoms with van der Waals surface area (Å²) in [5.74, 6) is 0.801. The zero-order chi connectivity index (χ0) is 13.7. The van der Waals surface area contributed by atoms with Gasteiger partial charge in [0.05, 0.1) is 6.61 Å². The predicted molar refractivity (Wildman–Crippen MR) is 89.6 cm³/mol. The first kappa shape index (κ1) is 20.9. The molecular weight excluding hydrogens is 313 g/mol. The van der Waals surface area contributed by atoms with Crippen molar-refractivity contribution >= 4 is 30.7 Å². The first-order valence-electron chi connectivity index (χ1n) is 7.58. The fourth-order valence-corrected chi connectivity index (χ4v) is 2.96. The van der Waals surface area contributed by atoms with Gasteiger partial charge in [-0.1, -0.05) is 13.8 Å². The van der Waals surface area contributed by atoms with Crippen LogP contribution in [-0.2, 0) is 9.53 Å². The van der Waals surface area contributed by atoms with E-state index in [0.29, 0.717) is 19.1 Å². The summed E-state index contributed by atoms with van der Waals surface area (Å²) in [4.78, 5) is 16.8. The number of likely N-dealkylation sites (tertiary alicyclic amines) is 1. The van der Waals surface area contributed by atoms with Crippen molar-refractivity contribution in [3.8, 4) is 0 Å². The molecule has 0 aliphatic carbocycles. The third kappa shape index (κ3) is 5.91. The Balaban J connectivity index is 0.00000200. The number of carbonyl (C=O) groups excluding carboxylic acids is 1. The van der Waals surface area contributed by atoms with E-state index in [-0.39, 0.29) is 36.8 Å². The largest absolute Gasteiger partial charge is 0.366 e. The Kier molecular flexibility index (Phi) is 10.6. The van der Waals surface area contributed by atoms with Gasteiger partial charge in [0.25, 0.3) is 5.91 Å². The Bertz CT molecular complexity index is 298. The maximum Gasteiger partial charge on any atom is 0.253 e. The lowest BCUT2D eigenvalue weighted by molar-refractivity contribution is -0.144. The lowest BCUT2D eigenvalue weighted by atomic mass is 10.1. The maximum absolute atomic E-state index is 12.3. The molecule has 2 saturated heterocycles. The van der Waals surface area contributed by atoms with E-state index in [1.807, 2.05) is 4.90 Å². The highest BCUT2D eigenvalue weighted by molar-refractivity contribution is 5.85. The van der Waals surface area contributed by atoms with Crippen molar-refractivity contribution in [2.24, 2.45) is 5.92 Å². The van der Waals surface area contributed by atoms with Gasteiger partial charge in [-0.05, 0) is 25.4 Å². The average Bonchev–Trinajstić information content (AvgIpc) is 2.93. The molecule has 0 bridgehead atoms. The molecule has 2 aliphatic heterocycles. The van der Waals surface area contributed by atoms with Crippen molar-refractivity contribution in [1.82, 2.24) is 15.1 Å². The number of rotatable bonds is 5. The molecule has 5 nitrogen and oxygen atoms in total. The van der Waals surface area contributed by atoms with Crippen molar-refractivity contribution in [3.63, 3.8) is 0 Å². The summed E-state index contributed by atoms with van der Waals surface area (Å²) < 4.78 is 5.55. The molecule has 0 aromatic heterocycles. The monoisotopic (exact) mass is 341 g/mol. The molecule has 0 saturated carbocycles. The second-order valence-electron chi connectivity index (χ2n) is 5.49. The maximum atomic E-state index is 12.3. The summed E-state index contributed by atoms with van der Waals surface area (Å²) in [6.45, 7) is 11.6. The topological polar surface area (TPSA) is 44.8 Å². The molecular formula is C14H29Cl2N3O2. The van der Waals surface area contributed by atoms with Gasteiger partial charge in [0.15, 0.2) is 0 Å². The van der Waals surface area contributed by atoms with Gasteiger partial charge < -0.3 is 19.9 Å². The molecule has 0 aromatic carbocycles. The fourth-order valence-electron chi connectivity index (χ4n) is 2.96. The second-order valence-corrected chi connectivity index (χ2v) is 5.49. The highest BCUT2D eigenvalue weighted by Crippen LogP contribution is 2.19. The van der Waals surface area contributed by atoms with E-state index in [4.69, 9.17) is 4.74 Å². The summed E-state index contributed by atoms with van der Waals surface area (Å²) in [6.07, 6.45) is 0.864. The van der Waals surface area contributed by atoms with E-state index in [1.165, 1.54) is 0 Å². The van der Waals surface area contributed by atoms with Gasteiger partial charge >= 0.3 is 0 Å². The van der Waals surface area contributed by atoms with E-state index in [2.05, 4.69) is 24.1 Å². The summed E-state index contributed by atoms with van der Waals surface area (Å²) in [5.41, 5.74) is 0. The number of morpholine rings is 1. The second kappa shape index (κ2) is 10.6. The molecule has 21 heavy (non-hydrogen) atoms. The van der Waals surface area contributed by atoms with Crippen molar-refractivity contribution < 1.29 is 9.53 Å². The number of ether oxygens (including phenoxy) is 1. The number of hydrogen-bond acceptors (Lipinski definition) is 4. The molecule has 2 unspecified atom stereocenters. The standard InChI is InChI=1S/C14H27N3O2.2ClH/c1-3-16(4-2)10-12-5-7-17(11-12)14(18)13-9-15-6-8-19-13;;/h12-13,15H,3-11H2,1-2H3;2*1H. The van der Waals surface area contributed by atoms with E-state index < -0.39 is 0 Å². The Hall–Kier alpha value is -0.0700. The predicted octanol–water partition coefficient (Wildman–Crippen LogP) is 1.01. The van der Waals surface area contributed by atoms with Crippen LogP contribution in [0.25, 0.3) is 0 Å². The number of nitrogens with one attached hydrogen (secondary N) is 1. The van der Waals surface area contributed by atoms with E-state index in [9.17, 15) is 4.79 Å². The van der Waals surface area contributed by atoms with Crippen LogP contribution in [0.5, 0.6) is 0 Å². The van der Waals surface area contributed by atoms with Crippen molar-refractivity contribution in [2.75, 3.05) is 52.4 Å². The van der Waals surface area contributed by atoms with Gasteiger partial charge in [0.1, 0.15) is 6.10 Å². The van der Waals surface area contributed by atoms with Gasteiger partial charge in [-0.25, -0.2) is 0 Å². The minimum absolute atomic E-state index is 0. The smallest absolute Gasteiger partial charge is 0.253 e. The number of carbonyl (C=O) groups is 1. The Morgan fingerprint density at radius 1 is 1.33 bits per heavy atom. The van der Waals surface area contributed by atoms with Gasteiger partial charge in [-0.15, -0.1) is 24.8 Å². The minimum atomic E-state index is -0.263. The number of nitrogens with zero attached hydrogens (tertiary/aromatic N) is 2. The third-order valence-corrected chi connectivity index (χ3v) is 4.21. The zero-order valence-electron chi connectivity index (χ0n) is 13.0. The first-order chi connectivity index (χ1) is 9.24. The third-order valence-electron chi connectivity index (χ3n) is 4.21. The average molecular weight is 342 g/mol. The van der Waals surface area contributed by atoms with E-state index >= 15 is 0 Å². The van der Waals surface area contributed by atoms with Gasteiger partial charge in [0.2, 0.25) is 0 Å². The SMILES string of the molecule is CCN(CC)CC1CCN(C(=O)C2CNCCO2)C1.Cl.Cl. The van der Waals surface area contributed by atoms with Gasteiger partial charge in [0, 0.05) is 32.7 Å². The van der Waals surface area contributed by atoms with Crippen LogP contribution in [0.2, 0.25) is 0 Å². The number of hydrogen-bond donors (Lipinski definition) is 1. The molecule has 2 rings (SSSR count).